The summed E-state index contributed by atoms with van der Waals surface area (Å²) in [6.45, 7) is 0. The highest BCUT2D eigenvalue weighted by atomic mass is 16.3. The summed E-state index contributed by atoms with van der Waals surface area (Å²) in [4.78, 5) is 0. The molecule has 0 amide bonds. The molecular formula is C13H12O4. The second kappa shape index (κ2) is 4.25. The summed E-state index contributed by atoms with van der Waals surface area (Å²) in [6.07, 6.45) is 0.488. The van der Waals surface area contributed by atoms with Crippen LogP contribution in [0.2, 0.25) is 0 Å². The third-order valence-corrected chi connectivity index (χ3v) is 2.47. The van der Waals surface area contributed by atoms with Gasteiger partial charge in [-0.25, -0.2) is 0 Å². The van der Waals surface area contributed by atoms with Gasteiger partial charge >= 0.3 is 0 Å². The number of phenolic OH excluding ortho intramolecular Hbond substituents is 4. The third-order valence-electron chi connectivity index (χ3n) is 2.47. The molecule has 4 N–H and O–H groups in total. The van der Waals surface area contributed by atoms with Crippen LogP contribution in [0.5, 0.6) is 23.0 Å². The van der Waals surface area contributed by atoms with Gasteiger partial charge in [0.15, 0.2) is 17.2 Å². The Hall–Kier alpha value is -2.36. The molecule has 2 rings (SSSR count). The Morgan fingerprint density at radius 3 is 1.76 bits per heavy atom. The van der Waals surface area contributed by atoms with Crippen molar-refractivity contribution >= 4 is 0 Å². The van der Waals surface area contributed by atoms with Crippen molar-refractivity contribution in [3.63, 3.8) is 0 Å². The van der Waals surface area contributed by atoms with Crippen LogP contribution in [0.3, 0.4) is 0 Å². The average Bonchev–Trinajstić information content (AvgIpc) is 2.29. The maximum atomic E-state index is 9.35. The van der Waals surface area contributed by atoms with Crippen LogP contribution in [0.15, 0.2) is 36.4 Å². The zero-order valence-corrected chi connectivity index (χ0v) is 8.96. The molecule has 0 aliphatic heterocycles. The van der Waals surface area contributed by atoms with Crippen LogP contribution >= 0.6 is 0 Å². The minimum absolute atomic E-state index is 0.185. The lowest BCUT2D eigenvalue weighted by molar-refractivity contribution is 0.367. The van der Waals surface area contributed by atoms with E-state index in [0.29, 0.717) is 12.0 Å². The zero-order chi connectivity index (χ0) is 12.4. The predicted octanol–water partition coefficient (Wildman–Crippen LogP) is 2.10. The van der Waals surface area contributed by atoms with Crippen molar-refractivity contribution in [3.8, 4) is 23.0 Å². The summed E-state index contributed by atoms with van der Waals surface area (Å²) >= 11 is 0. The molecule has 4 nitrogen and oxygen atoms in total. The van der Waals surface area contributed by atoms with Gasteiger partial charge in [-0.2, -0.15) is 0 Å². The first-order chi connectivity index (χ1) is 8.06. The van der Waals surface area contributed by atoms with Crippen molar-refractivity contribution in [3.05, 3.63) is 47.5 Å². The minimum atomic E-state index is -0.514. The standard InChI is InChI=1S/C13H12O4/c14-10-3-1-8(2-4-10)5-9-6-11(15)13(17)12(16)7-9/h1-4,6-7,14-17H,5H2. The van der Waals surface area contributed by atoms with Gasteiger partial charge in [0.2, 0.25) is 0 Å². The van der Waals surface area contributed by atoms with Crippen LogP contribution in [0, 0.1) is 0 Å². The third kappa shape index (κ3) is 2.42. The fraction of sp³-hybridized carbons (Fsp3) is 0.0769. The molecule has 0 atom stereocenters. The molecule has 0 bridgehead atoms. The van der Waals surface area contributed by atoms with Crippen LogP contribution in [0.4, 0.5) is 0 Å². The van der Waals surface area contributed by atoms with Gasteiger partial charge in [0, 0.05) is 0 Å². The van der Waals surface area contributed by atoms with Crippen LogP contribution in [-0.2, 0) is 6.42 Å². The molecule has 0 spiro atoms. The number of phenols is 4. The Morgan fingerprint density at radius 1 is 0.706 bits per heavy atom. The maximum Gasteiger partial charge on any atom is 0.200 e. The van der Waals surface area contributed by atoms with E-state index in [9.17, 15) is 15.3 Å². The predicted molar refractivity (Wildman–Crippen MR) is 62.3 cm³/mol. The molecule has 0 aliphatic rings. The number of hydrogen-bond acceptors (Lipinski definition) is 4. The number of aromatic hydroxyl groups is 4. The number of hydrogen-bond donors (Lipinski definition) is 4. The van der Waals surface area contributed by atoms with E-state index in [4.69, 9.17) is 5.11 Å². The van der Waals surface area contributed by atoms with Gasteiger partial charge in [-0.1, -0.05) is 12.1 Å². The van der Waals surface area contributed by atoms with Crippen molar-refractivity contribution in [2.24, 2.45) is 0 Å². The van der Waals surface area contributed by atoms with Crippen molar-refractivity contribution in [1.82, 2.24) is 0 Å². The summed E-state index contributed by atoms with van der Waals surface area (Å²) in [5, 5.41) is 37.0. The summed E-state index contributed by atoms with van der Waals surface area (Å²) < 4.78 is 0. The molecular weight excluding hydrogens is 220 g/mol. The normalized spacial score (nSPS) is 10.4. The Morgan fingerprint density at radius 2 is 1.24 bits per heavy atom. The van der Waals surface area contributed by atoms with Crippen LogP contribution in [-0.4, -0.2) is 20.4 Å². The Balaban J connectivity index is 2.27. The highest BCUT2D eigenvalue weighted by molar-refractivity contribution is 5.51. The largest absolute Gasteiger partial charge is 0.508 e. The molecule has 2 aromatic rings. The molecule has 4 heteroatoms. The number of benzene rings is 2. The van der Waals surface area contributed by atoms with Crippen molar-refractivity contribution in [2.45, 2.75) is 6.42 Å². The van der Waals surface area contributed by atoms with Gasteiger partial charge in [0.1, 0.15) is 5.75 Å². The van der Waals surface area contributed by atoms with Gasteiger partial charge in [-0.3, -0.25) is 0 Å². The second-order valence-corrected chi connectivity index (χ2v) is 3.83. The molecule has 0 fully saturated rings. The molecule has 0 radical (unpaired) electrons. The Kier molecular flexibility index (Phi) is 2.78. The van der Waals surface area contributed by atoms with Crippen LogP contribution in [0.25, 0.3) is 0 Å². The minimum Gasteiger partial charge on any atom is -0.508 e. The van der Waals surface area contributed by atoms with E-state index in [1.165, 1.54) is 12.1 Å². The summed E-state index contributed by atoms with van der Waals surface area (Å²) in [6, 6.07) is 9.40. The number of rotatable bonds is 2. The molecule has 0 saturated carbocycles. The summed E-state index contributed by atoms with van der Waals surface area (Å²) in [7, 11) is 0. The van der Waals surface area contributed by atoms with Crippen LogP contribution in [0.1, 0.15) is 11.1 Å². The SMILES string of the molecule is Oc1ccc(Cc2cc(O)c(O)c(O)c2)cc1. The first-order valence-electron chi connectivity index (χ1n) is 5.08. The van der Waals surface area contributed by atoms with E-state index < -0.39 is 5.75 Å². The van der Waals surface area contributed by atoms with Gasteiger partial charge < -0.3 is 20.4 Å². The van der Waals surface area contributed by atoms with E-state index in [1.54, 1.807) is 24.3 Å². The van der Waals surface area contributed by atoms with Gasteiger partial charge in [0.25, 0.3) is 0 Å². The molecule has 88 valence electrons. The highest BCUT2D eigenvalue weighted by Crippen LogP contribution is 2.35. The van der Waals surface area contributed by atoms with Crippen molar-refractivity contribution in [2.75, 3.05) is 0 Å². The molecule has 0 heterocycles. The van der Waals surface area contributed by atoms with Gasteiger partial charge in [0.05, 0.1) is 0 Å². The van der Waals surface area contributed by atoms with E-state index in [2.05, 4.69) is 0 Å². The van der Waals surface area contributed by atoms with Gasteiger partial charge in [-0.05, 0) is 41.8 Å². The lowest BCUT2D eigenvalue weighted by Crippen LogP contribution is -1.88. The lowest BCUT2D eigenvalue weighted by atomic mass is 10.0. The van der Waals surface area contributed by atoms with E-state index in [1.807, 2.05) is 0 Å². The zero-order valence-electron chi connectivity index (χ0n) is 8.96. The van der Waals surface area contributed by atoms with E-state index in [-0.39, 0.29) is 17.2 Å². The van der Waals surface area contributed by atoms with Crippen LogP contribution < -0.4 is 0 Å². The van der Waals surface area contributed by atoms with Gasteiger partial charge in [-0.15, -0.1) is 0 Å². The van der Waals surface area contributed by atoms with Crippen molar-refractivity contribution in [1.29, 1.82) is 0 Å². The smallest absolute Gasteiger partial charge is 0.200 e. The Labute approximate surface area is 98.0 Å². The van der Waals surface area contributed by atoms with E-state index >= 15 is 0 Å². The summed E-state index contributed by atoms with van der Waals surface area (Å²) in [5.41, 5.74) is 1.59. The maximum absolute atomic E-state index is 9.35. The quantitative estimate of drug-likeness (QED) is 0.598. The van der Waals surface area contributed by atoms with E-state index in [0.717, 1.165) is 5.56 Å². The lowest BCUT2D eigenvalue weighted by Gasteiger charge is -2.06. The molecule has 0 aliphatic carbocycles. The van der Waals surface area contributed by atoms with Crippen molar-refractivity contribution < 1.29 is 20.4 Å². The molecule has 0 saturated heterocycles. The first kappa shape index (κ1) is 11.1. The topological polar surface area (TPSA) is 80.9 Å². The first-order valence-corrected chi connectivity index (χ1v) is 5.08. The Bertz CT molecular complexity index is 509. The highest BCUT2D eigenvalue weighted by Gasteiger charge is 2.08. The summed E-state index contributed by atoms with van der Waals surface area (Å²) in [5.74, 6) is -1.03. The molecule has 2 aromatic carbocycles. The second-order valence-electron chi connectivity index (χ2n) is 3.83. The molecule has 0 unspecified atom stereocenters. The fourth-order valence-corrected chi connectivity index (χ4v) is 1.61. The molecule has 17 heavy (non-hydrogen) atoms. The monoisotopic (exact) mass is 232 g/mol. The molecule has 0 aromatic heterocycles. The fourth-order valence-electron chi connectivity index (χ4n) is 1.61. The average molecular weight is 232 g/mol.